The van der Waals surface area contributed by atoms with E-state index in [-0.39, 0.29) is 0 Å². The maximum atomic E-state index is 10.6. The standard InChI is InChI=1S/C38H20N2OS/c39-21-23-6-5-7-25(16-23)30-19-27(24-12-14-36-32(17-24)28-8-1-3-10-35(28)41-36)20-31(34(30)22-40)26-13-15-38-33(18-26)29-9-2-4-11-37(29)42-38/h1-20H. The summed E-state index contributed by atoms with van der Waals surface area (Å²) in [7, 11) is 0. The molecular formula is C38H20N2OS. The van der Waals surface area contributed by atoms with E-state index in [1.165, 1.54) is 20.2 Å². The molecule has 8 rings (SSSR count). The fraction of sp³-hybridized carbons (Fsp3) is 0. The quantitative estimate of drug-likeness (QED) is 0.219. The first-order chi connectivity index (χ1) is 20.7. The average molecular weight is 553 g/mol. The molecule has 0 N–H and O–H groups in total. The highest BCUT2D eigenvalue weighted by Crippen LogP contribution is 2.41. The molecule has 0 unspecified atom stereocenters. The molecule has 0 radical (unpaired) electrons. The summed E-state index contributed by atoms with van der Waals surface area (Å²) in [6.07, 6.45) is 0. The summed E-state index contributed by atoms with van der Waals surface area (Å²) in [4.78, 5) is 0. The number of benzene rings is 6. The zero-order chi connectivity index (χ0) is 28.2. The van der Waals surface area contributed by atoms with E-state index in [9.17, 15) is 10.5 Å². The van der Waals surface area contributed by atoms with Crippen molar-refractivity contribution < 1.29 is 4.42 Å². The molecule has 0 atom stereocenters. The van der Waals surface area contributed by atoms with Crippen LogP contribution in [0.1, 0.15) is 11.1 Å². The molecule has 0 aliphatic carbocycles. The van der Waals surface area contributed by atoms with Crippen molar-refractivity contribution in [3.8, 4) is 45.5 Å². The van der Waals surface area contributed by atoms with Crippen molar-refractivity contribution in [3.05, 3.63) is 132 Å². The molecule has 0 aliphatic heterocycles. The molecule has 3 nitrogen and oxygen atoms in total. The monoisotopic (exact) mass is 552 g/mol. The van der Waals surface area contributed by atoms with E-state index >= 15 is 0 Å². The number of fused-ring (bicyclic) bond motifs is 6. The molecule has 2 heterocycles. The third-order valence-corrected chi connectivity index (χ3v) is 9.10. The highest BCUT2D eigenvalue weighted by Gasteiger charge is 2.18. The highest BCUT2D eigenvalue weighted by molar-refractivity contribution is 7.25. The molecular weight excluding hydrogens is 532 g/mol. The maximum absolute atomic E-state index is 10.6. The van der Waals surface area contributed by atoms with E-state index in [1.54, 1.807) is 17.4 Å². The summed E-state index contributed by atoms with van der Waals surface area (Å²) >= 11 is 1.78. The van der Waals surface area contributed by atoms with E-state index in [0.29, 0.717) is 11.1 Å². The molecule has 0 amide bonds. The Labute approximate surface area is 245 Å². The summed E-state index contributed by atoms with van der Waals surface area (Å²) in [6, 6.07) is 45.6. The van der Waals surface area contributed by atoms with Crippen molar-refractivity contribution in [3.63, 3.8) is 0 Å². The number of nitriles is 2. The molecule has 0 aliphatic rings. The van der Waals surface area contributed by atoms with Crippen LogP contribution in [0.3, 0.4) is 0 Å². The lowest BCUT2D eigenvalue weighted by Crippen LogP contribution is -1.93. The van der Waals surface area contributed by atoms with Gasteiger partial charge in [-0.25, -0.2) is 0 Å². The van der Waals surface area contributed by atoms with Crippen LogP contribution in [0.2, 0.25) is 0 Å². The Morgan fingerprint density at radius 3 is 2.00 bits per heavy atom. The number of para-hydroxylation sites is 1. The first-order valence-electron chi connectivity index (χ1n) is 13.6. The minimum absolute atomic E-state index is 0.556. The van der Waals surface area contributed by atoms with Crippen LogP contribution in [-0.2, 0) is 0 Å². The Kier molecular flexibility index (Phi) is 5.44. The third-order valence-electron chi connectivity index (χ3n) is 7.95. The SMILES string of the molecule is N#Cc1cccc(-c2cc(-c3ccc4oc5ccccc5c4c3)cc(-c3ccc4sc5ccccc5c4c3)c2C#N)c1. The van der Waals surface area contributed by atoms with Gasteiger partial charge >= 0.3 is 0 Å². The summed E-state index contributed by atoms with van der Waals surface area (Å²) in [5.74, 6) is 0. The van der Waals surface area contributed by atoms with Crippen LogP contribution in [-0.4, -0.2) is 0 Å². The van der Waals surface area contributed by atoms with Crippen molar-refractivity contribution in [1.82, 2.24) is 0 Å². The second kappa shape index (κ2) is 9.46. The molecule has 0 bridgehead atoms. The number of hydrogen-bond acceptors (Lipinski definition) is 4. The van der Waals surface area contributed by atoms with E-state index in [4.69, 9.17) is 4.42 Å². The van der Waals surface area contributed by atoms with Gasteiger partial charge in [-0.2, -0.15) is 10.5 Å². The zero-order valence-corrected chi connectivity index (χ0v) is 23.1. The predicted octanol–water partition coefficient (Wildman–Crippen LogP) is 10.7. The van der Waals surface area contributed by atoms with Gasteiger partial charge in [0.15, 0.2) is 0 Å². The van der Waals surface area contributed by atoms with Crippen LogP contribution >= 0.6 is 11.3 Å². The van der Waals surface area contributed by atoms with Crippen LogP contribution in [0.15, 0.2) is 126 Å². The minimum Gasteiger partial charge on any atom is -0.456 e. The lowest BCUT2D eigenvalue weighted by atomic mass is 9.87. The lowest BCUT2D eigenvalue weighted by Gasteiger charge is -2.15. The van der Waals surface area contributed by atoms with Crippen molar-refractivity contribution in [2.45, 2.75) is 0 Å². The van der Waals surface area contributed by atoms with E-state index < -0.39 is 0 Å². The first kappa shape index (κ1) is 24.1. The molecule has 194 valence electrons. The number of hydrogen-bond donors (Lipinski definition) is 0. The van der Waals surface area contributed by atoms with Crippen molar-refractivity contribution in [2.75, 3.05) is 0 Å². The summed E-state index contributed by atoms with van der Waals surface area (Å²) in [6.45, 7) is 0. The van der Waals surface area contributed by atoms with Crippen LogP contribution in [0, 0.1) is 22.7 Å². The van der Waals surface area contributed by atoms with Gasteiger partial charge in [-0.15, -0.1) is 11.3 Å². The van der Waals surface area contributed by atoms with Crippen LogP contribution < -0.4 is 0 Å². The summed E-state index contributed by atoms with van der Waals surface area (Å²) in [5.41, 5.74) is 8.34. The van der Waals surface area contributed by atoms with E-state index in [1.807, 2.05) is 42.5 Å². The Balaban J connectivity index is 1.41. The minimum atomic E-state index is 0.556. The number of thiophene rings is 1. The number of rotatable bonds is 3. The number of furan rings is 1. The van der Waals surface area contributed by atoms with Gasteiger partial charge in [0.1, 0.15) is 17.2 Å². The second-order valence-corrected chi connectivity index (χ2v) is 11.5. The second-order valence-electron chi connectivity index (χ2n) is 10.4. The molecule has 0 saturated carbocycles. The smallest absolute Gasteiger partial charge is 0.135 e. The molecule has 4 heteroatoms. The van der Waals surface area contributed by atoms with Gasteiger partial charge in [0.05, 0.1) is 17.2 Å². The van der Waals surface area contributed by atoms with Gasteiger partial charge in [-0.05, 0) is 82.9 Å². The molecule has 0 fully saturated rings. The molecule has 8 aromatic rings. The van der Waals surface area contributed by atoms with Gasteiger partial charge in [0.25, 0.3) is 0 Å². The van der Waals surface area contributed by atoms with Gasteiger partial charge < -0.3 is 4.42 Å². The molecule has 42 heavy (non-hydrogen) atoms. The maximum Gasteiger partial charge on any atom is 0.135 e. The molecule has 2 aromatic heterocycles. The molecule has 0 spiro atoms. The van der Waals surface area contributed by atoms with Crippen molar-refractivity contribution in [1.29, 1.82) is 10.5 Å². The van der Waals surface area contributed by atoms with E-state index in [2.05, 4.69) is 84.9 Å². The third kappa shape index (κ3) is 3.79. The summed E-state index contributed by atoms with van der Waals surface area (Å²) < 4.78 is 8.55. The van der Waals surface area contributed by atoms with E-state index in [0.717, 1.165) is 55.3 Å². The van der Waals surface area contributed by atoms with Crippen molar-refractivity contribution >= 4 is 53.4 Å². The largest absolute Gasteiger partial charge is 0.456 e. The topological polar surface area (TPSA) is 60.7 Å². The van der Waals surface area contributed by atoms with Crippen LogP contribution in [0.25, 0.3) is 75.5 Å². The summed E-state index contributed by atoms with van der Waals surface area (Å²) in [5, 5.41) is 24.7. The van der Waals surface area contributed by atoms with Crippen LogP contribution in [0.5, 0.6) is 0 Å². The van der Waals surface area contributed by atoms with Gasteiger partial charge in [-0.3, -0.25) is 0 Å². The Morgan fingerprint density at radius 1 is 0.476 bits per heavy atom. The normalized spacial score (nSPS) is 11.3. The Hall–Kier alpha value is -5.68. The van der Waals surface area contributed by atoms with Gasteiger partial charge in [0.2, 0.25) is 0 Å². The van der Waals surface area contributed by atoms with Crippen molar-refractivity contribution in [2.24, 2.45) is 0 Å². The van der Waals surface area contributed by atoms with Crippen LogP contribution in [0.4, 0.5) is 0 Å². The van der Waals surface area contributed by atoms with Gasteiger partial charge in [-0.1, -0.05) is 60.7 Å². The lowest BCUT2D eigenvalue weighted by molar-refractivity contribution is 0.669. The van der Waals surface area contributed by atoms with Gasteiger partial charge in [0, 0.05) is 42.1 Å². The highest BCUT2D eigenvalue weighted by atomic mass is 32.1. The first-order valence-corrected chi connectivity index (χ1v) is 14.4. The molecule has 6 aromatic carbocycles. The average Bonchev–Trinajstić information content (AvgIpc) is 3.61. The fourth-order valence-electron chi connectivity index (χ4n) is 5.94. The Morgan fingerprint density at radius 2 is 1.17 bits per heavy atom. The fourth-order valence-corrected chi connectivity index (χ4v) is 7.03. The molecule has 0 saturated heterocycles. The number of nitrogens with zero attached hydrogens (tertiary/aromatic N) is 2. The zero-order valence-electron chi connectivity index (χ0n) is 22.3. The Bertz CT molecular complexity index is 2450. The predicted molar refractivity (Wildman–Crippen MR) is 172 cm³/mol.